The lowest BCUT2D eigenvalue weighted by Crippen LogP contribution is -2.36. The molecule has 0 aliphatic rings. The molecule has 2 N–H and O–H groups in total. The minimum atomic E-state index is -0.938. The first-order valence-corrected chi connectivity index (χ1v) is 6.84. The molecule has 0 bridgehead atoms. The van der Waals surface area contributed by atoms with E-state index < -0.39 is 5.97 Å². The van der Waals surface area contributed by atoms with Gasteiger partial charge in [-0.3, -0.25) is 4.79 Å². The zero-order valence-corrected chi connectivity index (χ0v) is 12.7. The van der Waals surface area contributed by atoms with Gasteiger partial charge >= 0.3 is 12.0 Å². The molecule has 0 aliphatic heterocycles. The molecule has 0 heterocycles. The number of halogens is 2. The van der Waals surface area contributed by atoms with Gasteiger partial charge in [0.15, 0.2) is 0 Å². The third-order valence-corrected chi connectivity index (χ3v) is 3.26. The van der Waals surface area contributed by atoms with Crippen LogP contribution < -0.4 is 5.32 Å². The van der Waals surface area contributed by atoms with Crippen molar-refractivity contribution in [1.82, 2.24) is 4.90 Å². The highest BCUT2D eigenvalue weighted by Gasteiger charge is 2.14. The van der Waals surface area contributed by atoms with Crippen molar-refractivity contribution in [3.63, 3.8) is 0 Å². The molecule has 19 heavy (non-hydrogen) atoms. The summed E-state index contributed by atoms with van der Waals surface area (Å²) in [6.45, 7) is 2.36. The van der Waals surface area contributed by atoms with Crippen molar-refractivity contribution in [2.45, 2.75) is 13.3 Å². The summed E-state index contributed by atoms with van der Waals surface area (Å²) in [7, 11) is 0. The van der Waals surface area contributed by atoms with E-state index in [2.05, 4.69) is 21.2 Å². The Morgan fingerprint density at radius 3 is 2.74 bits per heavy atom. The van der Waals surface area contributed by atoms with Crippen molar-refractivity contribution in [2.75, 3.05) is 18.4 Å². The highest BCUT2D eigenvalue weighted by Crippen LogP contribution is 2.25. The summed E-state index contributed by atoms with van der Waals surface area (Å²) in [5.41, 5.74) is 0.481. The van der Waals surface area contributed by atoms with Crippen molar-refractivity contribution in [2.24, 2.45) is 0 Å². The number of hydrogen-bond donors (Lipinski definition) is 2. The van der Waals surface area contributed by atoms with Gasteiger partial charge in [-0.05, 0) is 25.1 Å². The maximum absolute atomic E-state index is 12.0. The second-order valence-corrected chi connectivity index (χ2v) is 5.10. The number of nitrogens with one attached hydrogen (secondary N) is 1. The average Bonchev–Trinajstić information content (AvgIpc) is 2.34. The summed E-state index contributed by atoms with van der Waals surface area (Å²) < 4.78 is 0.792. The molecule has 0 aromatic heterocycles. The maximum atomic E-state index is 12.0. The van der Waals surface area contributed by atoms with Crippen LogP contribution >= 0.6 is 27.5 Å². The molecule has 1 aromatic rings. The zero-order valence-electron chi connectivity index (χ0n) is 10.3. The number of benzene rings is 1. The van der Waals surface area contributed by atoms with Crippen LogP contribution in [0, 0.1) is 0 Å². The van der Waals surface area contributed by atoms with Crippen molar-refractivity contribution < 1.29 is 14.7 Å². The first kappa shape index (κ1) is 15.8. The van der Waals surface area contributed by atoms with Crippen molar-refractivity contribution >= 4 is 45.2 Å². The molecule has 0 fully saturated rings. The molecule has 104 valence electrons. The third-order valence-electron chi connectivity index (χ3n) is 2.43. The smallest absolute Gasteiger partial charge is 0.321 e. The minimum absolute atomic E-state index is 0.0898. The highest BCUT2D eigenvalue weighted by atomic mass is 79.9. The van der Waals surface area contributed by atoms with Gasteiger partial charge < -0.3 is 15.3 Å². The summed E-state index contributed by atoms with van der Waals surface area (Å²) in [4.78, 5) is 23.9. The van der Waals surface area contributed by atoms with Crippen LogP contribution in [0.15, 0.2) is 22.7 Å². The van der Waals surface area contributed by atoms with E-state index in [1.165, 1.54) is 4.90 Å². The molecule has 1 rings (SSSR count). The molecule has 7 heteroatoms. The third kappa shape index (κ3) is 5.08. The van der Waals surface area contributed by atoms with Crippen molar-refractivity contribution in [3.8, 4) is 0 Å². The summed E-state index contributed by atoms with van der Waals surface area (Å²) >= 11 is 9.26. The Labute approximate surface area is 124 Å². The lowest BCUT2D eigenvalue weighted by molar-refractivity contribution is -0.137. The van der Waals surface area contributed by atoms with Crippen molar-refractivity contribution in [3.05, 3.63) is 27.7 Å². The van der Waals surface area contributed by atoms with Gasteiger partial charge in [0, 0.05) is 17.6 Å². The Kier molecular flexibility index (Phi) is 6.11. The Bertz CT molecular complexity index is 482. The Morgan fingerprint density at radius 2 is 2.16 bits per heavy atom. The fourth-order valence-electron chi connectivity index (χ4n) is 1.42. The van der Waals surface area contributed by atoms with E-state index in [0.717, 1.165) is 4.47 Å². The standard InChI is InChI=1S/C12H14BrClN2O3/c1-2-16(6-5-11(17)18)12(19)15-10-7-8(13)3-4-9(10)14/h3-4,7H,2,5-6H2,1H3,(H,15,19)(H,17,18). The van der Waals surface area contributed by atoms with Gasteiger partial charge in [-0.15, -0.1) is 0 Å². The van der Waals surface area contributed by atoms with Gasteiger partial charge in [0.1, 0.15) is 0 Å². The Balaban J connectivity index is 2.71. The molecule has 1 aromatic carbocycles. The van der Waals surface area contributed by atoms with Gasteiger partial charge in [-0.25, -0.2) is 4.79 Å². The lowest BCUT2D eigenvalue weighted by Gasteiger charge is -2.21. The molecule has 0 unspecified atom stereocenters. The van der Waals surface area contributed by atoms with Crippen LogP contribution in [0.3, 0.4) is 0 Å². The van der Waals surface area contributed by atoms with E-state index in [9.17, 15) is 9.59 Å². The monoisotopic (exact) mass is 348 g/mol. The number of rotatable bonds is 5. The summed E-state index contributed by atoms with van der Waals surface area (Å²) in [5.74, 6) is -0.938. The largest absolute Gasteiger partial charge is 0.481 e. The molecular weight excluding hydrogens is 336 g/mol. The maximum Gasteiger partial charge on any atom is 0.321 e. The fourth-order valence-corrected chi connectivity index (χ4v) is 1.95. The van der Waals surface area contributed by atoms with Gasteiger partial charge in [-0.2, -0.15) is 0 Å². The van der Waals surface area contributed by atoms with E-state index in [1.807, 2.05) is 0 Å². The lowest BCUT2D eigenvalue weighted by atomic mass is 10.3. The van der Waals surface area contributed by atoms with Crippen LogP contribution in [0.25, 0.3) is 0 Å². The number of amides is 2. The van der Waals surface area contributed by atoms with Crippen LogP contribution in [-0.2, 0) is 4.79 Å². The molecule has 2 amide bonds. The van der Waals surface area contributed by atoms with E-state index in [-0.39, 0.29) is 19.0 Å². The predicted octanol–water partition coefficient (Wildman–Crippen LogP) is 3.43. The molecule has 0 aliphatic carbocycles. The number of carboxylic acids is 1. The van der Waals surface area contributed by atoms with Crippen LogP contribution in [-0.4, -0.2) is 35.1 Å². The van der Waals surface area contributed by atoms with Crippen molar-refractivity contribution in [1.29, 1.82) is 0 Å². The van der Waals surface area contributed by atoms with Gasteiger partial charge in [0.05, 0.1) is 17.1 Å². The predicted molar refractivity (Wildman–Crippen MR) is 77.7 cm³/mol. The SMILES string of the molecule is CCN(CCC(=O)O)C(=O)Nc1cc(Br)ccc1Cl. The van der Waals surface area contributed by atoms with Crippen LogP contribution in [0.4, 0.5) is 10.5 Å². The van der Waals surface area contributed by atoms with E-state index in [4.69, 9.17) is 16.7 Å². The van der Waals surface area contributed by atoms with E-state index in [0.29, 0.717) is 17.3 Å². The Morgan fingerprint density at radius 1 is 1.47 bits per heavy atom. The number of urea groups is 1. The Hall–Kier alpha value is -1.27. The molecule has 0 saturated heterocycles. The summed E-state index contributed by atoms with van der Waals surface area (Å²) in [6, 6.07) is 4.74. The number of carbonyl (C=O) groups is 2. The average molecular weight is 350 g/mol. The van der Waals surface area contributed by atoms with Gasteiger partial charge in [0.2, 0.25) is 0 Å². The normalized spacial score (nSPS) is 10.1. The summed E-state index contributed by atoms with van der Waals surface area (Å²) in [5, 5.41) is 11.7. The van der Waals surface area contributed by atoms with Crippen LogP contribution in [0.5, 0.6) is 0 Å². The first-order valence-electron chi connectivity index (χ1n) is 5.66. The molecule has 5 nitrogen and oxygen atoms in total. The quantitative estimate of drug-likeness (QED) is 0.855. The summed E-state index contributed by atoms with van der Waals surface area (Å²) in [6.07, 6.45) is -0.0898. The minimum Gasteiger partial charge on any atom is -0.481 e. The number of carboxylic acid groups (broad SMARTS) is 1. The number of hydrogen-bond acceptors (Lipinski definition) is 2. The number of anilines is 1. The van der Waals surface area contributed by atoms with Crippen LogP contribution in [0.2, 0.25) is 5.02 Å². The fraction of sp³-hybridized carbons (Fsp3) is 0.333. The topological polar surface area (TPSA) is 69.6 Å². The van der Waals surface area contributed by atoms with Gasteiger partial charge in [-0.1, -0.05) is 27.5 Å². The number of aliphatic carboxylic acids is 1. The molecule has 0 radical (unpaired) electrons. The van der Waals surface area contributed by atoms with E-state index >= 15 is 0 Å². The molecule has 0 spiro atoms. The molecule has 0 saturated carbocycles. The second-order valence-electron chi connectivity index (χ2n) is 3.78. The zero-order chi connectivity index (χ0) is 14.4. The number of carbonyl (C=O) groups excluding carboxylic acids is 1. The number of nitrogens with zero attached hydrogens (tertiary/aromatic N) is 1. The molecule has 0 atom stereocenters. The van der Waals surface area contributed by atoms with Crippen LogP contribution in [0.1, 0.15) is 13.3 Å². The van der Waals surface area contributed by atoms with E-state index in [1.54, 1.807) is 25.1 Å². The highest BCUT2D eigenvalue weighted by molar-refractivity contribution is 9.10. The first-order chi connectivity index (χ1) is 8.93. The van der Waals surface area contributed by atoms with Gasteiger partial charge in [0.25, 0.3) is 0 Å². The molecular formula is C12H14BrClN2O3. The second kappa shape index (κ2) is 7.35.